The number of anilines is 2. The number of hydrogen-bond donors (Lipinski definition) is 1. The molecule has 1 saturated carbocycles. The first-order valence-corrected chi connectivity index (χ1v) is 7.23. The molecule has 0 bridgehead atoms. The van der Waals surface area contributed by atoms with Crippen molar-refractivity contribution >= 4 is 11.4 Å². The molecule has 1 fully saturated rings. The van der Waals surface area contributed by atoms with Gasteiger partial charge in [0.15, 0.2) is 0 Å². The Morgan fingerprint density at radius 1 is 1.11 bits per heavy atom. The Morgan fingerprint density at radius 3 is 2.39 bits per heavy atom. The van der Waals surface area contributed by atoms with Crippen LogP contribution in [0.1, 0.15) is 39.0 Å². The smallest absolute Gasteiger partial charge is 0.0596 e. The van der Waals surface area contributed by atoms with Crippen LogP contribution in [0.4, 0.5) is 11.4 Å². The third kappa shape index (κ3) is 3.18. The van der Waals surface area contributed by atoms with E-state index in [-0.39, 0.29) is 0 Å². The van der Waals surface area contributed by atoms with E-state index in [2.05, 4.69) is 55.5 Å². The first-order valence-electron chi connectivity index (χ1n) is 7.23. The fraction of sp³-hybridized carbons (Fsp3) is 0.625. The van der Waals surface area contributed by atoms with E-state index in [0.29, 0.717) is 6.04 Å². The molecule has 100 valence electrons. The molecule has 18 heavy (non-hydrogen) atoms. The molecule has 0 saturated heterocycles. The molecule has 1 N–H and O–H groups in total. The topological polar surface area (TPSA) is 15.3 Å². The molecule has 1 aliphatic carbocycles. The number of hydrogen-bond acceptors (Lipinski definition) is 2. The Bertz CT molecular complexity index is 365. The summed E-state index contributed by atoms with van der Waals surface area (Å²) >= 11 is 0. The predicted molar refractivity (Wildman–Crippen MR) is 80.4 cm³/mol. The molecule has 0 spiro atoms. The first-order chi connectivity index (χ1) is 8.70. The highest BCUT2D eigenvalue weighted by Gasteiger charge is 2.20. The van der Waals surface area contributed by atoms with Crippen LogP contribution >= 0.6 is 0 Å². The summed E-state index contributed by atoms with van der Waals surface area (Å²) in [6, 6.07) is 9.26. The van der Waals surface area contributed by atoms with Gasteiger partial charge >= 0.3 is 0 Å². The maximum Gasteiger partial charge on any atom is 0.0596 e. The van der Waals surface area contributed by atoms with Crippen LogP contribution in [-0.2, 0) is 0 Å². The minimum absolute atomic E-state index is 0.661. The average molecular weight is 246 g/mol. The fourth-order valence-electron chi connectivity index (χ4n) is 2.92. The molecule has 1 aliphatic rings. The lowest BCUT2D eigenvalue weighted by molar-refractivity contribution is 0.330. The SMILES string of the molecule is CCC1CCC(Nc2ccccc2N(C)C)CC1. The fourth-order valence-corrected chi connectivity index (χ4v) is 2.92. The molecular formula is C16H26N2. The summed E-state index contributed by atoms with van der Waals surface area (Å²) in [6.45, 7) is 2.32. The molecule has 0 aliphatic heterocycles. The van der Waals surface area contributed by atoms with Crippen molar-refractivity contribution in [1.82, 2.24) is 0 Å². The van der Waals surface area contributed by atoms with Crippen molar-refractivity contribution in [3.8, 4) is 0 Å². The van der Waals surface area contributed by atoms with E-state index in [1.54, 1.807) is 0 Å². The van der Waals surface area contributed by atoms with Gasteiger partial charge in [-0.1, -0.05) is 25.5 Å². The van der Waals surface area contributed by atoms with E-state index >= 15 is 0 Å². The van der Waals surface area contributed by atoms with Crippen LogP contribution in [0.2, 0.25) is 0 Å². The Balaban J connectivity index is 1.98. The van der Waals surface area contributed by atoms with Crippen LogP contribution in [0.5, 0.6) is 0 Å². The van der Waals surface area contributed by atoms with E-state index in [1.807, 2.05) is 0 Å². The average Bonchev–Trinajstić information content (AvgIpc) is 2.40. The van der Waals surface area contributed by atoms with Crippen LogP contribution in [0.25, 0.3) is 0 Å². The zero-order valence-corrected chi connectivity index (χ0v) is 11.9. The number of rotatable bonds is 4. The summed E-state index contributed by atoms with van der Waals surface area (Å²) in [7, 11) is 4.21. The Morgan fingerprint density at radius 2 is 1.78 bits per heavy atom. The van der Waals surface area contributed by atoms with Gasteiger partial charge in [0.05, 0.1) is 11.4 Å². The highest BCUT2D eigenvalue weighted by molar-refractivity contribution is 5.69. The molecule has 2 rings (SSSR count). The molecule has 0 aromatic heterocycles. The van der Waals surface area contributed by atoms with Crippen LogP contribution in [-0.4, -0.2) is 20.1 Å². The molecular weight excluding hydrogens is 220 g/mol. The van der Waals surface area contributed by atoms with Crippen molar-refractivity contribution in [2.24, 2.45) is 5.92 Å². The Kier molecular flexibility index (Phi) is 4.51. The second-order valence-corrected chi connectivity index (χ2v) is 5.68. The van der Waals surface area contributed by atoms with Crippen molar-refractivity contribution in [3.63, 3.8) is 0 Å². The first kappa shape index (κ1) is 13.3. The van der Waals surface area contributed by atoms with Gasteiger partial charge in [-0.2, -0.15) is 0 Å². The molecule has 2 heteroatoms. The minimum atomic E-state index is 0.661. The maximum absolute atomic E-state index is 3.73. The highest BCUT2D eigenvalue weighted by Crippen LogP contribution is 2.31. The van der Waals surface area contributed by atoms with E-state index in [0.717, 1.165) is 5.92 Å². The monoisotopic (exact) mass is 246 g/mol. The number of para-hydroxylation sites is 2. The van der Waals surface area contributed by atoms with Gasteiger partial charge in [-0.05, 0) is 43.7 Å². The molecule has 0 atom stereocenters. The van der Waals surface area contributed by atoms with Gasteiger partial charge < -0.3 is 10.2 Å². The van der Waals surface area contributed by atoms with Crippen molar-refractivity contribution < 1.29 is 0 Å². The number of nitrogens with one attached hydrogen (secondary N) is 1. The van der Waals surface area contributed by atoms with Crippen molar-refractivity contribution in [3.05, 3.63) is 24.3 Å². The quantitative estimate of drug-likeness (QED) is 0.859. The maximum atomic E-state index is 3.73. The van der Waals surface area contributed by atoms with Crippen LogP contribution < -0.4 is 10.2 Å². The minimum Gasteiger partial charge on any atom is -0.381 e. The van der Waals surface area contributed by atoms with Gasteiger partial charge in [-0.3, -0.25) is 0 Å². The molecule has 0 unspecified atom stereocenters. The molecule has 0 heterocycles. The Labute approximate surface area is 111 Å². The lowest BCUT2D eigenvalue weighted by Crippen LogP contribution is -2.26. The van der Waals surface area contributed by atoms with E-state index < -0.39 is 0 Å². The van der Waals surface area contributed by atoms with Crippen molar-refractivity contribution in [2.75, 3.05) is 24.3 Å². The Hall–Kier alpha value is -1.18. The summed E-state index contributed by atoms with van der Waals surface area (Å²) in [6.07, 6.45) is 6.76. The van der Waals surface area contributed by atoms with Gasteiger partial charge in [0.25, 0.3) is 0 Å². The zero-order chi connectivity index (χ0) is 13.0. The second-order valence-electron chi connectivity index (χ2n) is 5.68. The van der Waals surface area contributed by atoms with E-state index in [4.69, 9.17) is 0 Å². The van der Waals surface area contributed by atoms with E-state index in [1.165, 1.54) is 43.5 Å². The summed E-state index contributed by atoms with van der Waals surface area (Å²) in [5.74, 6) is 0.965. The summed E-state index contributed by atoms with van der Waals surface area (Å²) < 4.78 is 0. The van der Waals surface area contributed by atoms with Gasteiger partial charge in [0, 0.05) is 20.1 Å². The lowest BCUT2D eigenvalue weighted by atomic mass is 9.84. The normalized spacial score (nSPS) is 23.7. The van der Waals surface area contributed by atoms with Crippen LogP contribution in [0.3, 0.4) is 0 Å². The molecule has 1 aromatic carbocycles. The van der Waals surface area contributed by atoms with Gasteiger partial charge in [-0.15, -0.1) is 0 Å². The standard InChI is InChI=1S/C16H26N2/c1-4-13-9-11-14(12-10-13)17-15-7-5-6-8-16(15)18(2)3/h5-8,13-14,17H,4,9-12H2,1-3H3. The second kappa shape index (κ2) is 6.12. The summed E-state index contributed by atoms with van der Waals surface area (Å²) in [5, 5.41) is 3.73. The highest BCUT2D eigenvalue weighted by atomic mass is 15.1. The molecule has 0 radical (unpaired) electrons. The van der Waals surface area contributed by atoms with Gasteiger partial charge in [0.1, 0.15) is 0 Å². The molecule has 0 amide bonds. The van der Waals surface area contributed by atoms with Crippen LogP contribution in [0, 0.1) is 5.92 Å². The number of benzene rings is 1. The lowest BCUT2D eigenvalue weighted by Gasteiger charge is -2.30. The van der Waals surface area contributed by atoms with Gasteiger partial charge in [0.2, 0.25) is 0 Å². The molecule has 2 nitrogen and oxygen atoms in total. The predicted octanol–water partition coefficient (Wildman–Crippen LogP) is 4.13. The summed E-state index contributed by atoms with van der Waals surface area (Å²) in [4.78, 5) is 2.18. The van der Waals surface area contributed by atoms with Crippen molar-refractivity contribution in [2.45, 2.75) is 45.1 Å². The third-order valence-electron chi connectivity index (χ3n) is 4.17. The van der Waals surface area contributed by atoms with Crippen molar-refractivity contribution in [1.29, 1.82) is 0 Å². The summed E-state index contributed by atoms with van der Waals surface area (Å²) in [5.41, 5.74) is 2.57. The number of nitrogens with zero attached hydrogens (tertiary/aromatic N) is 1. The van der Waals surface area contributed by atoms with E-state index in [9.17, 15) is 0 Å². The third-order valence-corrected chi connectivity index (χ3v) is 4.17. The molecule has 1 aromatic rings. The largest absolute Gasteiger partial charge is 0.381 e. The zero-order valence-electron chi connectivity index (χ0n) is 11.9. The van der Waals surface area contributed by atoms with Gasteiger partial charge in [-0.25, -0.2) is 0 Å². The van der Waals surface area contributed by atoms with Crippen LogP contribution in [0.15, 0.2) is 24.3 Å².